The Bertz CT molecular complexity index is 327. The van der Waals surface area contributed by atoms with Crippen LogP contribution in [0.15, 0.2) is 0 Å². The monoisotopic (exact) mass is 265 g/mol. The van der Waals surface area contributed by atoms with E-state index < -0.39 is 0 Å². The average molecular weight is 265 g/mol. The molecule has 3 atom stereocenters. The molecule has 0 aromatic carbocycles. The van der Waals surface area contributed by atoms with Gasteiger partial charge in [0.05, 0.1) is 0 Å². The van der Waals surface area contributed by atoms with Crippen LogP contribution in [0.3, 0.4) is 0 Å². The van der Waals surface area contributed by atoms with Crippen LogP contribution < -0.4 is 5.32 Å². The van der Waals surface area contributed by atoms with E-state index in [1.807, 2.05) is 0 Å². The normalized spacial score (nSPS) is 36.3. The van der Waals surface area contributed by atoms with Gasteiger partial charge in [0.15, 0.2) is 0 Å². The van der Waals surface area contributed by atoms with Crippen molar-refractivity contribution < 1.29 is 4.79 Å². The van der Waals surface area contributed by atoms with Gasteiger partial charge in [0.2, 0.25) is 5.91 Å². The molecule has 19 heavy (non-hydrogen) atoms. The molecule has 0 radical (unpaired) electrons. The molecular formula is C15H27N3O. The van der Waals surface area contributed by atoms with E-state index in [-0.39, 0.29) is 0 Å². The molecule has 4 heteroatoms. The predicted octanol–water partition coefficient (Wildman–Crippen LogP) is 1.07. The molecule has 0 aliphatic carbocycles. The summed E-state index contributed by atoms with van der Waals surface area (Å²) in [5, 5.41) is 3.43. The lowest BCUT2D eigenvalue weighted by Crippen LogP contribution is -2.54. The van der Waals surface area contributed by atoms with Crippen LogP contribution in [0.2, 0.25) is 0 Å². The summed E-state index contributed by atoms with van der Waals surface area (Å²) in [7, 11) is 2.25. The van der Waals surface area contributed by atoms with Gasteiger partial charge in [0.1, 0.15) is 0 Å². The van der Waals surface area contributed by atoms with Crippen LogP contribution in [0, 0.1) is 5.92 Å². The summed E-state index contributed by atoms with van der Waals surface area (Å²) in [5.41, 5.74) is 0. The molecule has 0 saturated carbocycles. The smallest absolute Gasteiger partial charge is 0.224 e. The third kappa shape index (κ3) is 2.95. The van der Waals surface area contributed by atoms with E-state index in [4.69, 9.17) is 0 Å². The van der Waals surface area contributed by atoms with Crippen LogP contribution in [-0.2, 0) is 4.79 Å². The zero-order valence-corrected chi connectivity index (χ0v) is 12.1. The number of amides is 1. The van der Waals surface area contributed by atoms with E-state index in [2.05, 4.69) is 22.2 Å². The molecule has 108 valence electrons. The van der Waals surface area contributed by atoms with Gasteiger partial charge in [-0.3, -0.25) is 4.79 Å². The van der Waals surface area contributed by atoms with E-state index in [1.165, 1.54) is 38.6 Å². The second kappa shape index (κ2) is 5.80. The number of nitrogens with zero attached hydrogens (tertiary/aromatic N) is 2. The molecule has 3 fully saturated rings. The van der Waals surface area contributed by atoms with Crippen LogP contribution in [0.1, 0.15) is 38.5 Å². The molecule has 0 bridgehead atoms. The van der Waals surface area contributed by atoms with Crippen LogP contribution >= 0.6 is 0 Å². The number of likely N-dealkylation sites (tertiary alicyclic amines) is 2. The fourth-order valence-corrected chi connectivity index (χ4v) is 4.15. The van der Waals surface area contributed by atoms with Crippen LogP contribution in [-0.4, -0.2) is 61.0 Å². The average Bonchev–Trinajstić information content (AvgIpc) is 2.91. The first-order valence-corrected chi connectivity index (χ1v) is 7.95. The SMILES string of the molecule is CN1CCCC2CN(C(=O)CC3CCCN3)CCC21. The van der Waals surface area contributed by atoms with Crippen molar-refractivity contribution in [1.29, 1.82) is 0 Å². The van der Waals surface area contributed by atoms with Crippen molar-refractivity contribution >= 4 is 5.91 Å². The number of nitrogens with one attached hydrogen (secondary N) is 1. The lowest BCUT2D eigenvalue weighted by molar-refractivity contribution is -0.135. The number of carbonyl (C=O) groups excluding carboxylic acids is 1. The maximum atomic E-state index is 12.4. The first-order valence-electron chi connectivity index (χ1n) is 7.95. The van der Waals surface area contributed by atoms with Crippen molar-refractivity contribution in [3.8, 4) is 0 Å². The Morgan fingerprint density at radius 3 is 2.89 bits per heavy atom. The standard InChI is InChI=1S/C15H27N3O/c1-17-8-3-4-12-11-18(9-6-14(12)17)15(19)10-13-5-2-7-16-13/h12-14,16H,2-11H2,1H3. The number of piperidine rings is 2. The van der Waals surface area contributed by atoms with Crippen LogP contribution in [0.5, 0.6) is 0 Å². The first-order chi connectivity index (χ1) is 9.24. The molecule has 3 heterocycles. The van der Waals surface area contributed by atoms with Gasteiger partial charge in [-0.1, -0.05) is 0 Å². The van der Waals surface area contributed by atoms with Crippen LogP contribution in [0.4, 0.5) is 0 Å². The Hall–Kier alpha value is -0.610. The Kier molecular flexibility index (Phi) is 4.08. The van der Waals surface area contributed by atoms with Gasteiger partial charge in [-0.25, -0.2) is 0 Å². The summed E-state index contributed by atoms with van der Waals surface area (Å²) in [6, 6.07) is 1.17. The third-order valence-corrected chi connectivity index (χ3v) is 5.28. The number of rotatable bonds is 2. The van der Waals surface area contributed by atoms with Gasteiger partial charge in [-0.05, 0) is 58.2 Å². The summed E-state index contributed by atoms with van der Waals surface area (Å²) in [6.07, 6.45) is 6.89. The van der Waals surface area contributed by atoms with Crippen molar-refractivity contribution in [1.82, 2.24) is 15.1 Å². The van der Waals surface area contributed by atoms with E-state index in [1.54, 1.807) is 0 Å². The molecule has 3 aliphatic heterocycles. The third-order valence-electron chi connectivity index (χ3n) is 5.28. The lowest BCUT2D eigenvalue weighted by atomic mass is 9.84. The van der Waals surface area contributed by atoms with Gasteiger partial charge in [-0.2, -0.15) is 0 Å². The van der Waals surface area contributed by atoms with Crippen molar-refractivity contribution in [3.63, 3.8) is 0 Å². The highest BCUT2D eigenvalue weighted by Crippen LogP contribution is 2.30. The highest BCUT2D eigenvalue weighted by atomic mass is 16.2. The Morgan fingerprint density at radius 2 is 2.11 bits per heavy atom. The van der Waals surface area contributed by atoms with Gasteiger partial charge in [-0.15, -0.1) is 0 Å². The summed E-state index contributed by atoms with van der Waals surface area (Å²) in [5.74, 6) is 1.10. The minimum atomic E-state index is 0.381. The second-order valence-electron chi connectivity index (χ2n) is 6.58. The predicted molar refractivity (Wildman–Crippen MR) is 76.0 cm³/mol. The maximum absolute atomic E-state index is 12.4. The van der Waals surface area contributed by atoms with Gasteiger partial charge >= 0.3 is 0 Å². The summed E-state index contributed by atoms with van der Waals surface area (Å²) < 4.78 is 0. The topological polar surface area (TPSA) is 35.6 Å². The minimum absolute atomic E-state index is 0.381. The summed E-state index contributed by atoms with van der Waals surface area (Å²) >= 11 is 0. The molecule has 0 aromatic rings. The van der Waals surface area contributed by atoms with Crippen molar-refractivity contribution in [2.75, 3.05) is 33.2 Å². The molecule has 3 unspecified atom stereocenters. The van der Waals surface area contributed by atoms with Gasteiger partial charge < -0.3 is 15.1 Å². The number of fused-ring (bicyclic) bond motifs is 1. The fourth-order valence-electron chi connectivity index (χ4n) is 4.15. The Morgan fingerprint density at radius 1 is 1.21 bits per heavy atom. The van der Waals surface area contributed by atoms with E-state index in [0.717, 1.165) is 25.7 Å². The van der Waals surface area contributed by atoms with E-state index in [9.17, 15) is 4.79 Å². The molecule has 3 aliphatic rings. The molecular weight excluding hydrogens is 238 g/mol. The number of hydrogen-bond donors (Lipinski definition) is 1. The van der Waals surface area contributed by atoms with Crippen molar-refractivity contribution in [3.05, 3.63) is 0 Å². The minimum Gasteiger partial charge on any atom is -0.342 e. The van der Waals surface area contributed by atoms with Crippen LogP contribution in [0.25, 0.3) is 0 Å². The number of carbonyl (C=O) groups is 1. The van der Waals surface area contributed by atoms with Gasteiger partial charge in [0.25, 0.3) is 0 Å². The second-order valence-corrected chi connectivity index (χ2v) is 6.58. The van der Waals surface area contributed by atoms with Crippen molar-refractivity contribution in [2.24, 2.45) is 5.92 Å². The number of hydrogen-bond acceptors (Lipinski definition) is 3. The molecule has 0 aromatic heterocycles. The quantitative estimate of drug-likeness (QED) is 0.811. The highest BCUT2D eigenvalue weighted by molar-refractivity contribution is 5.77. The maximum Gasteiger partial charge on any atom is 0.224 e. The Balaban J connectivity index is 1.53. The zero-order valence-electron chi connectivity index (χ0n) is 12.1. The first kappa shape index (κ1) is 13.4. The lowest BCUT2D eigenvalue weighted by Gasteiger charge is -2.46. The summed E-state index contributed by atoms with van der Waals surface area (Å²) in [4.78, 5) is 17.0. The highest BCUT2D eigenvalue weighted by Gasteiger charge is 2.36. The largest absolute Gasteiger partial charge is 0.342 e. The molecule has 1 amide bonds. The van der Waals surface area contributed by atoms with E-state index >= 15 is 0 Å². The fraction of sp³-hybridized carbons (Fsp3) is 0.933. The van der Waals surface area contributed by atoms with Gasteiger partial charge in [0, 0.05) is 31.6 Å². The molecule has 3 saturated heterocycles. The molecule has 3 rings (SSSR count). The van der Waals surface area contributed by atoms with Crippen molar-refractivity contribution in [2.45, 2.75) is 50.6 Å². The molecule has 4 nitrogen and oxygen atoms in total. The van der Waals surface area contributed by atoms with E-state index in [0.29, 0.717) is 24.3 Å². The molecule has 0 spiro atoms. The molecule has 1 N–H and O–H groups in total. The zero-order chi connectivity index (χ0) is 13.2. The Labute approximate surface area is 116 Å². The summed E-state index contributed by atoms with van der Waals surface area (Å²) in [6.45, 7) is 4.30.